The summed E-state index contributed by atoms with van der Waals surface area (Å²) in [6.07, 6.45) is 4.48. The number of H-pyrrole nitrogens is 1. The van der Waals surface area contributed by atoms with E-state index in [9.17, 15) is 0 Å². The molecule has 5 heteroatoms. The summed E-state index contributed by atoms with van der Waals surface area (Å²) < 4.78 is 6.00. The largest absolute Gasteiger partial charge is 0.492 e. The van der Waals surface area contributed by atoms with Crippen LogP contribution in [0.3, 0.4) is 0 Å². The highest BCUT2D eigenvalue weighted by Gasteiger charge is 2.15. The van der Waals surface area contributed by atoms with Gasteiger partial charge in [0, 0.05) is 44.8 Å². The van der Waals surface area contributed by atoms with Gasteiger partial charge in [-0.1, -0.05) is 54.6 Å². The number of nitrogens with one attached hydrogen (secondary N) is 1. The summed E-state index contributed by atoms with van der Waals surface area (Å²) in [6.45, 7) is 7.06. The van der Waals surface area contributed by atoms with E-state index >= 15 is 0 Å². The topological polar surface area (TPSA) is 44.4 Å². The molecule has 0 bridgehead atoms. The molecule has 0 atom stereocenters. The van der Waals surface area contributed by atoms with Gasteiger partial charge < -0.3 is 9.72 Å². The molecule has 1 aliphatic rings. The highest BCUT2D eigenvalue weighted by atomic mass is 16.5. The van der Waals surface area contributed by atoms with Crippen LogP contribution in [0.15, 0.2) is 84.9 Å². The number of nitrogens with zero attached hydrogens (tertiary/aromatic N) is 3. The first kappa shape index (κ1) is 21.4. The Labute approximate surface area is 195 Å². The second-order valence-electron chi connectivity index (χ2n) is 8.43. The average Bonchev–Trinajstić information content (AvgIpc) is 3.31. The van der Waals surface area contributed by atoms with Gasteiger partial charge in [-0.05, 0) is 42.0 Å². The minimum absolute atomic E-state index is 0.706. The number of imidazole rings is 1. The Morgan fingerprint density at radius 3 is 2.33 bits per heavy atom. The number of aromatic amines is 1. The zero-order valence-electron chi connectivity index (χ0n) is 18.9. The molecule has 0 radical (unpaired) electrons. The lowest BCUT2D eigenvalue weighted by molar-refractivity contribution is 0.125. The molecule has 1 aliphatic heterocycles. The number of hydrogen-bond donors (Lipinski definition) is 1. The van der Waals surface area contributed by atoms with Crippen molar-refractivity contribution in [3.05, 3.63) is 90.5 Å². The van der Waals surface area contributed by atoms with Crippen LogP contribution >= 0.6 is 0 Å². The fraction of sp³-hybridized carbons (Fsp3) is 0.250. The van der Waals surface area contributed by atoms with Crippen LogP contribution in [0.1, 0.15) is 5.56 Å². The monoisotopic (exact) mass is 438 g/mol. The third kappa shape index (κ3) is 5.69. The lowest BCUT2D eigenvalue weighted by Gasteiger charge is -2.34. The Kier molecular flexibility index (Phi) is 6.80. The summed E-state index contributed by atoms with van der Waals surface area (Å²) >= 11 is 0. The van der Waals surface area contributed by atoms with Gasteiger partial charge in [-0.3, -0.25) is 9.80 Å². The van der Waals surface area contributed by atoms with Crippen LogP contribution in [0.25, 0.3) is 28.5 Å². The van der Waals surface area contributed by atoms with Crippen LogP contribution in [0.4, 0.5) is 0 Å². The molecule has 3 aromatic carbocycles. The molecule has 1 aromatic heterocycles. The first-order chi connectivity index (χ1) is 16.3. The van der Waals surface area contributed by atoms with Crippen molar-refractivity contribution in [2.24, 2.45) is 0 Å². The zero-order chi connectivity index (χ0) is 22.3. The molecular formula is C28H30N4O. The highest BCUT2D eigenvalue weighted by molar-refractivity contribution is 5.79. The molecule has 0 amide bonds. The van der Waals surface area contributed by atoms with Crippen LogP contribution in [-0.4, -0.2) is 65.6 Å². The maximum atomic E-state index is 6.00. The molecule has 1 saturated heterocycles. The predicted octanol–water partition coefficient (Wildman–Crippen LogP) is 4.94. The normalized spacial score (nSPS) is 15.4. The van der Waals surface area contributed by atoms with Gasteiger partial charge in [-0.15, -0.1) is 0 Å². The molecule has 0 aliphatic carbocycles. The average molecular weight is 439 g/mol. The highest BCUT2D eigenvalue weighted by Crippen LogP contribution is 2.22. The van der Waals surface area contributed by atoms with Crippen molar-refractivity contribution in [3.8, 4) is 17.1 Å². The SMILES string of the molecule is C(=Cc1ccccc1)CN1CCN(CCOc2ccc(-c3nc4ccccc4[nH]3)cc2)CC1. The van der Waals surface area contributed by atoms with E-state index in [1.807, 2.05) is 36.4 Å². The molecule has 33 heavy (non-hydrogen) atoms. The first-order valence-electron chi connectivity index (χ1n) is 11.7. The van der Waals surface area contributed by atoms with Gasteiger partial charge in [0.1, 0.15) is 18.2 Å². The number of piperazine rings is 1. The molecule has 168 valence electrons. The van der Waals surface area contributed by atoms with Gasteiger partial charge >= 0.3 is 0 Å². The van der Waals surface area contributed by atoms with E-state index in [2.05, 4.69) is 74.4 Å². The third-order valence-electron chi connectivity index (χ3n) is 6.13. The van der Waals surface area contributed by atoms with E-state index in [-0.39, 0.29) is 0 Å². The van der Waals surface area contributed by atoms with Crippen molar-refractivity contribution in [2.75, 3.05) is 45.9 Å². The molecule has 1 N–H and O–H groups in total. The fourth-order valence-electron chi connectivity index (χ4n) is 4.19. The minimum atomic E-state index is 0.706. The lowest BCUT2D eigenvalue weighted by Crippen LogP contribution is -2.47. The quantitative estimate of drug-likeness (QED) is 0.423. The Balaban J connectivity index is 1.03. The van der Waals surface area contributed by atoms with E-state index in [0.717, 1.165) is 67.4 Å². The second-order valence-corrected chi connectivity index (χ2v) is 8.43. The molecule has 5 nitrogen and oxygen atoms in total. The van der Waals surface area contributed by atoms with Crippen molar-refractivity contribution in [2.45, 2.75) is 0 Å². The Hall–Kier alpha value is -3.41. The molecule has 4 aromatic rings. The summed E-state index contributed by atoms with van der Waals surface area (Å²) in [7, 11) is 0. The Morgan fingerprint density at radius 2 is 1.55 bits per heavy atom. The molecule has 0 saturated carbocycles. The van der Waals surface area contributed by atoms with Gasteiger partial charge in [-0.25, -0.2) is 4.98 Å². The number of para-hydroxylation sites is 2. The van der Waals surface area contributed by atoms with Crippen molar-refractivity contribution in [1.82, 2.24) is 19.8 Å². The van der Waals surface area contributed by atoms with Crippen molar-refractivity contribution < 1.29 is 4.74 Å². The van der Waals surface area contributed by atoms with Crippen LogP contribution in [-0.2, 0) is 0 Å². The van der Waals surface area contributed by atoms with E-state index < -0.39 is 0 Å². The zero-order valence-corrected chi connectivity index (χ0v) is 18.9. The van der Waals surface area contributed by atoms with E-state index in [1.165, 1.54) is 5.56 Å². The Morgan fingerprint density at radius 1 is 0.818 bits per heavy atom. The van der Waals surface area contributed by atoms with Crippen molar-refractivity contribution in [3.63, 3.8) is 0 Å². The van der Waals surface area contributed by atoms with E-state index in [4.69, 9.17) is 4.74 Å². The molecule has 2 heterocycles. The van der Waals surface area contributed by atoms with Crippen molar-refractivity contribution in [1.29, 1.82) is 0 Å². The van der Waals surface area contributed by atoms with Crippen LogP contribution in [0.2, 0.25) is 0 Å². The van der Waals surface area contributed by atoms with Gasteiger partial charge in [-0.2, -0.15) is 0 Å². The lowest BCUT2D eigenvalue weighted by atomic mass is 10.2. The van der Waals surface area contributed by atoms with Crippen LogP contribution < -0.4 is 4.74 Å². The van der Waals surface area contributed by atoms with Gasteiger partial charge in [0.15, 0.2) is 0 Å². The smallest absolute Gasteiger partial charge is 0.138 e. The summed E-state index contributed by atoms with van der Waals surface area (Å²) in [5.41, 5.74) is 4.37. The maximum Gasteiger partial charge on any atom is 0.138 e. The summed E-state index contributed by atoms with van der Waals surface area (Å²) in [5.74, 6) is 1.79. The van der Waals surface area contributed by atoms with E-state index in [0.29, 0.717) is 6.61 Å². The van der Waals surface area contributed by atoms with E-state index in [1.54, 1.807) is 0 Å². The number of benzene rings is 3. The van der Waals surface area contributed by atoms with Crippen molar-refractivity contribution >= 4 is 17.1 Å². The first-order valence-corrected chi connectivity index (χ1v) is 11.7. The maximum absolute atomic E-state index is 6.00. The Bertz CT molecular complexity index is 1140. The molecule has 5 rings (SSSR count). The standard InChI is InChI=1S/C28H30N4O/c1-2-7-23(8-3-1)9-6-16-31-17-19-32(20-18-31)21-22-33-25-14-12-24(13-15-25)28-29-26-10-4-5-11-27(26)30-28/h1-15H,16-22H2,(H,29,30). The number of aromatic nitrogens is 2. The number of ether oxygens (including phenoxy) is 1. The van der Waals surface area contributed by atoms with Crippen LogP contribution in [0, 0.1) is 0 Å². The molecule has 1 fully saturated rings. The van der Waals surface area contributed by atoms with Gasteiger partial charge in [0.25, 0.3) is 0 Å². The van der Waals surface area contributed by atoms with Gasteiger partial charge in [0.2, 0.25) is 0 Å². The fourth-order valence-corrected chi connectivity index (χ4v) is 4.19. The summed E-state index contributed by atoms with van der Waals surface area (Å²) in [6, 6.07) is 26.8. The predicted molar refractivity (Wildman–Crippen MR) is 135 cm³/mol. The number of fused-ring (bicyclic) bond motifs is 1. The van der Waals surface area contributed by atoms with Gasteiger partial charge in [0.05, 0.1) is 11.0 Å². The van der Waals surface area contributed by atoms with Crippen LogP contribution in [0.5, 0.6) is 5.75 Å². The molecular weight excluding hydrogens is 408 g/mol. The molecule has 0 spiro atoms. The number of hydrogen-bond acceptors (Lipinski definition) is 4. The molecule has 0 unspecified atom stereocenters. The minimum Gasteiger partial charge on any atom is -0.492 e. The summed E-state index contributed by atoms with van der Waals surface area (Å²) in [4.78, 5) is 13.0. The number of rotatable bonds is 8. The third-order valence-corrected chi connectivity index (χ3v) is 6.13. The second kappa shape index (κ2) is 10.5. The summed E-state index contributed by atoms with van der Waals surface area (Å²) in [5, 5.41) is 0.